The number of benzene rings is 1. The van der Waals surface area contributed by atoms with Crippen molar-refractivity contribution in [2.24, 2.45) is 0 Å². The molecular weight excluding hydrogens is 424 g/mol. The van der Waals surface area contributed by atoms with Crippen LogP contribution < -0.4 is 4.31 Å². The van der Waals surface area contributed by atoms with Crippen LogP contribution in [0.2, 0.25) is 0 Å². The van der Waals surface area contributed by atoms with Crippen LogP contribution in [0, 0.1) is 13.8 Å². The molecule has 0 aliphatic carbocycles. The molecule has 3 aromatic rings. The van der Waals surface area contributed by atoms with Crippen LogP contribution in [-0.2, 0) is 21.4 Å². The van der Waals surface area contributed by atoms with Crippen molar-refractivity contribution in [3.05, 3.63) is 52.7 Å². The van der Waals surface area contributed by atoms with Gasteiger partial charge < -0.3 is 9.42 Å². The average molecular weight is 449 g/mol. The van der Waals surface area contributed by atoms with Crippen molar-refractivity contribution in [2.75, 3.05) is 17.6 Å². The van der Waals surface area contributed by atoms with E-state index >= 15 is 0 Å². The van der Waals surface area contributed by atoms with Crippen molar-refractivity contribution in [1.82, 2.24) is 15.0 Å². The summed E-state index contributed by atoms with van der Waals surface area (Å²) in [6, 6.07) is 8.34. The van der Waals surface area contributed by atoms with Crippen LogP contribution in [0.4, 0.5) is 5.69 Å². The fourth-order valence-electron chi connectivity index (χ4n) is 3.16. The second-order valence-electron chi connectivity index (χ2n) is 7.21. The molecule has 1 amide bonds. The molecule has 1 unspecified atom stereocenters. The summed E-state index contributed by atoms with van der Waals surface area (Å²) >= 11 is 1.49. The van der Waals surface area contributed by atoms with Gasteiger partial charge in [-0.05, 0) is 49.4 Å². The number of hydrogen-bond acceptors (Lipinski definition) is 7. The molecule has 10 heteroatoms. The largest absolute Gasteiger partial charge is 0.337 e. The molecule has 2 aromatic heterocycles. The molecule has 8 nitrogen and oxygen atoms in total. The predicted molar refractivity (Wildman–Crippen MR) is 117 cm³/mol. The highest BCUT2D eigenvalue weighted by atomic mass is 32.2. The zero-order valence-corrected chi connectivity index (χ0v) is 19.1. The molecule has 3 rings (SSSR count). The monoisotopic (exact) mass is 448 g/mol. The van der Waals surface area contributed by atoms with Gasteiger partial charge in [0.05, 0.1) is 23.4 Å². The number of aromatic nitrogens is 2. The molecule has 0 aliphatic heterocycles. The van der Waals surface area contributed by atoms with E-state index in [4.69, 9.17) is 4.52 Å². The number of nitrogens with zero attached hydrogens (tertiary/aromatic N) is 4. The molecule has 1 atom stereocenters. The van der Waals surface area contributed by atoms with E-state index in [0.717, 1.165) is 22.3 Å². The van der Waals surface area contributed by atoms with E-state index in [9.17, 15) is 13.2 Å². The SMILES string of the molecule is Cc1ccc(C)c(N(C(C)C(=O)N(C)Cc2nc(-c3cccs3)no2)S(C)(=O)=O)c1. The van der Waals surface area contributed by atoms with Gasteiger partial charge in [0, 0.05) is 7.05 Å². The van der Waals surface area contributed by atoms with E-state index in [2.05, 4.69) is 10.1 Å². The first-order valence-electron chi connectivity index (χ1n) is 9.26. The number of sulfonamides is 1. The van der Waals surface area contributed by atoms with Gasteiger partial charge in [0.25, 0.3) is 0 Å². The van der Waals surface area contributed by atoms with Gasteiger partial charge in [0.1, 0.15) is 6.04 Å². The normalized spacial score (nSPS) is 12.6. The van der Waals surface area contributed by atoms with Crippen LogP contribution in [0.3, 0.4) is 0 Å². The molecule has 1 aromatic carbocycles. The maximum Gasteiger partial charge on any atom is 0.246 e. The molecule has 2 heterocycles. The maximum atomic E-state index is 13.1. The van der Waals surface area contributed by atoms with Gasteiger partial charge in [-0.2, -0.15) is 4.98 Å². The lowest BCUT2D eigenvalue weighted by Gasteiger charge is -2.31. The third kappa shape index (κ3) is 4.71. The first kappa shape index (κ1) is 22.0. The third-order valence-corrected chi connectivity index (χ3v) is 6.72. The number of aryl methyl sites for hydroxylation is 2. The number of thiophene rings is 1. The van der Waals surface area contributed by atoms with E-state index in [1.165, 1.54) is 20.5 Å². The smallest absolute Gasteiger partial charge is 0.246 e. The van der Waals surface area contributed by atoms with Gasteiger partial charge in [0.15, 0.2) is 0 Å². The molecule has 0 saturated heterocycles. The van der Waals surface area contributed by atoms with E-state index in [0.29, 0.717) is 11.5 Å². The summed E-state index contributed by atoms with van der Waals surface area (Å²) in [7, 11) is -2.12. The predicted octanol–water partition coefficient (Wildman–Crippen LogP) is 3.23. The highest BCUT2D eigenvalue weighted by Crippen LogP contribution is 2.27. The van der Waals surface area contributed by atoms with Crippen molar-refractivity contribution in [2.45, 2.75) is 33.4 Å². The number of anilines is 1. The Labute approximate surface area is 180 Å². The fraction of sp³-hybridized carbons (Fsp3) is 0.350. The molecule has 0 spiro atoms. The second kappa shape index (κ2) is 8.57. The summed E-state index contributed by atoms with van der Waals surface area (Å²) < 4.78 is 31.6. The van der Waals surface area contributed by atoms with Crippen LogP contribution in [0.5, 0.6) is 0 Å². The Balaban J connectivity index is 1.82. The number of hydrogen-bond donors (Lipinski definition) is 0. The highest BCUT2D eigenvalue weighted by molar-refractivity contribution is 7.92. The van der Waals surface area contributed by atoms with Crippen LogP contribution in [-0.4, -0.2) is 48.7 Å². The Morgan fingerprint density at radius 2 is 2.00 bits per heavy atom. The van der Waals surface area contributed by atoms with Gasteiger partial charge in [-0.1, -0.05) is 23.4 Å². The summed E-state index contributed by atoms with van der Waals surface area (Å²) in [6.45, 7) is 5.35. The summed E-state index contributed by atoms with van der Waals surface area (Å²) in [5.41, 5.74) is 2.17. The number of amides is 1. The first-order valence-corrected chi connectivity index (χ1v) is 12.0. The van der Waals surface area contributed by atoms with Crippen LogP contribution in [0.1, 0.15) is 23.9 Å². The van der Waals surface area contributed by atoms with Crippen molar-refractivity contribution >= 4 is 33.0 Å². The van der Waals surface area contributed by atoms with Gasteiger partial charge in [0.2, 0.25) is 27.6 Å². The maximum absolute atomic E-state index is 13.1. The van der Waals surface area contributed by atoms with E-state index in [1.807, 2.05) is 43.5 Å². The Bertz CT molecular complexity index is 1140. The lowest BCUT2D eigenvalue weighted by atomic mass is 10.1. The molecule has 30 heavy (non-hydrogen) atoms. The number of rotatable bonds is 7. The van der Waals surface area contributed by atoms with Crippen molar-refractivity contribution in [1.29, 1.82) is 0 Å². The molecule has 0 radical (unpaired) electrons. The zero-order valence-electron chi connectivity index (χ0n) is 17.5. The van der Waals surface area contributed by atoms with Crippen LogP contribution in [0.15, 0.2) is 40.2 Å². The van der Waals surface area contributed by atoms with Gasteiger partial charge >= 0.3 is 0 Å². The number of carbonyl (C=O) groups excluding carboxylic acids is 1. The van der Waals surface area contributed by atoms with E-state index in [-0.39, 0.29) is 18.3 Å². The molecule has 0 bridgehead atoms. The van der Waals surface area contributed by atoms with Crippen molar-refractivity contribution in [3.8, 4) is 10.7 Å². The lowest BCUT2D eigenvalue weighted by Crippen LogP contribution is -2.48. The second-order valence-corrected chi connectivity index (χ2v) is 10.0. The fourth-order valence-corrected chi connectivity index (χ4v) is 5.02. The lowest BCUT2D eigenvalue weighted by molar-refractivity contribution is -0.131. The topological polar surface area (TPSA) is 96.6 Å². The van der Waals surface area contributed by atoms with E-state index < -0.39 is 16.1 Å². The number of carbonyl (C=O) groups is 1. The van der Waals surface area contributed by atoms with E-state index in [1.54, 1.807) is 20.0 Å². The quantitative estimate of drug-likeness (QED) is 0.551. The van der Waals surface area contributed by atoms with Gasteiger partial charge in [-0.25, -0.2) is 8.42 Å². The average Bonchev–Trinajstić information content (AvgIpc) is 3.34. The Hall–Kier alpha value is -2.72. The molecular formula is C20H24N4O4S2. The van der Waals surface area contributed by atoms with Gasteiger partial charge in [-0.3, -0.25) is 9.10 Å². The van der Waals surface area contributed by atoms with Gasteiger partial charge in [-0.15, -0.1) is 11.3 Å². The standard InChI is InChI=1S/C20H24N4O4S2/c1-13-8-9-14(2)16(11-13)24(30(5,26)27)15(3)20(25)23(4)12-18-21-19(22-28-18)17-7-6-10-29-17/h6-11,15H,12H2,1-5H3. The highest BCUT2D eigenvalue weighted by Gasteiger charge is 2.32. The first-order chi connectivity index (χ1) is 14.1. The minimum atomic E-state index is -3.70. The van der Waals surface area contributed by atoms with Crippen molar-refractivity contribution < 1.29 is 17.7 Å². The Kier molecular flexibility index (Phi) is 6.27. The van der Waals surface area contributed by atoms with Crippen LogP contribution >= 0.6 is 11.3 Å². The zero-order chi connectivity index (χ0) is 22.1. The molecule has 160 valence electrons. The minimum absolute atomic E-state index is 0.0753. The summed E-state index contributed by atoms with van der Waals surface area (Å²) in [4.78, 5) is 19.6. The van der Waals surface area contributed by atoms with Crippen molar-refractivity contribution in [3.63, 3.8) is 0 Å². The Morgan fingerprint density at radius 1 is 1.27 bits per heavy atom. The Morgan fingerprint density at radius 3 is 2.63 bits per heavy atom. The summed E-state index contributed by atoms with van der Waals surface area (Å²) in [6.07, 6.45) is 1.10. The molecule has 0 fully saturated rings. The molecule has 0 N–H and O–H groups in total. The molecule has 0 aliphatic rings. The molecule has 0 saturated carbocycles. The summed E-state index contributed by atoms with van der Waals surface area (Å²) in [5, 5.41) is 5.85. The summed E-state index contributed by atoms with van der Waals surface area (Å²) in [5.74, 6) is 0.360. The third-order valence-electron chi connectivity index (χ3n) is 4.63. The number of likely N-dealkylation sites (N-methyl/N-ethyl adjacent to an activating group) is 1. The minimum Gasteiger partial charge on any atom is -0.337 e. The van der Waals surface area contributed by atoms with Crippen LogP contribution in [0.25, 0.3) is 10.7 Å².